The largest absolute Gasteiger partial charge is 0.462 e. The van der Waals surface area contributed by atoms with Gasteiger partial charge in [-0.3, -0.25) is 4.79 Å². The first-order chi connectivity index (χ1) is 7.81. The van der Waals surface area contributed by atoms with Crippen LogP contribution in [0.2, 0.25) is 0 Å². The van der Waals surface area contributed by atoms with Crippen LogP contribution in [0.3, 0.4) is 0 Å². The first-order valence-electron chi connectivity index (χ1n) is 7.02. The highest BCUT2D eigenvalue weighted by molar-refractivity contribution is 5.77. The molecule has 0 spiro atoms. The molecule has 17 heavy (non-hydrogen) atoms. The van der Waals surface area contributed by atoms with Gasteiger partial charge in [-0.1, -0.05) is 34.1 Å². The minimum Gasteiger partial charge on any atom is -0.462 e. The fourth-order valence-corrected chi connectivity index (χ4v) is 2.45. The van der Waals surface area contributed by atoms with Crippen molar-refractivity contribution in [2.75, 3.05) is 0 Å². The second-order valence-electron chi connectivity index (χ2n) is 6.60. The number of ether oxygens (including phenoxy) is 1. The summed E-state index contributed by atoms with van der Waals surface area (Å²) in [6.45, 7) is 10.5. The third-order valence-corrected chi connectivity index (χ3v) is 4.64. The Morgan fingerprint density at radius 2 is 1.65 bits per heavy atom. The van der Waals surface area contributed by atoms with Crippen LogP contribution in [0.5, 0.6) is 0 Å². The third kappa shape index (κ3) is 3.23. The van der Waals surface area contributed by atoms with Gasteiger partial charge in [0, 0.05) is 0 Å². The molecule has 1 fully saturated rings. The van der Waals surface area contributed by atoms with Crippen LogP contribution in [0.25, 0.3) is 0 Å². The molecule has 1 saturated carbocycles. The summed E-state index contributed by atoms with van der Waals surface area (Å²) in [7, 11) is 0. The van der Waals surface area contributed by atoms with E-state index in [1.807, 2.05) is 6.92 Å². The van der Waals surface area contributed by atoms with Crippen LogP contribution in [0.4, 0.5) is 0 Å². The van der Waals surface area contributed by atoms with Gasteiger partial charge in [-0.05, 0) is 44.4 Å². The fourth-order valence-electron chi connectivity index (χ4n) is 2.45. The Balaban J connectivity index is 2.66. The van der Waals surface area contributed by atoms with Gasteiger partial charge in [0.25, 0.3) is 0 Å². The monoisotopic (exact) mass is 240 g/mol. The van der Waals surface area contributed by atoms with E-state index < -0.39 is 0 Å². The van der Waals surface area contributed by atoms with E-state index in [1.165, 1.54) is 19.3 Å². The average molecular weight is 240 g/mol. The summed E-state index contributed by atoms with van der Waals surface area (Å²) in [5, 5.41) is 0. The highest BCUT2D eigenvalue weighted by Crippen LogP contribution is 2.42. The predicted octanol–water partition coefficient (Wildman–Crippen LogP) is 4.32. The van der Waals surface area contributed by atoms with E-state index in [9.17, 15) is 4.79 Å². The van der Waals surface area contributed by atoms with Crippen LogP contribution in [0, 0.1) is 10.8 Å². The number of carbonyl (C=O) groups excluding carboxylic acids is 1. The van der Waals surface area contributed by atoms with E-state index in [0.29, 0.717) is 0 Å². The van der Waals surface area contributed by atoms with E-state index in [4.69, 9.17) is 4.74 Å². The highest BCUT2D eigenvalue weighted by Gasteiger charge is 2.44. The SMILES string of the molecule is CCC(C)(C(=O)OC1CCCCC1)C(C)(C)C. The standard InChI is InChI=1S/C15H28O2/c1-6-15(5,14(2,3)4)13(16)17-12-10-8-7-9-11-12/h12H,6-11H2,1-5H3. The van der Waals surface area contributed by atoms with Crippen LogP contribution < -0.4 is 0 Å². The molecule has 2 nitrogen and oxygen atoms in total. The summed E-state index contributed by atoms with van der Waals surface area (Å²) in [6, 6.07) is 0. The minimum absolute atomic E-state index is 0.000556. The lowest BCUT2D eigenvalue weighted by Crippen LogP contribution is -2.42. The van der Waals surface area contributed by atoms with Gasteiger partial charge in [-0.2, -0.15) is 0 Å². The lowest BCUT2D eigenvalue weighted by molar-refractivity contribution is -0.169. The lowest BCUT2D eigenvalue weighted by atomic mass is 9.66. The summed E-state index contributed by atoms with van der Waals surface area (Å²) in [6.07, 6.45) is 6.81. The van der Waals surface area contributed by atoms with Crippen LogP contribution in [-0.2, 0) is 9.53 Å². The summed E-state index contributed by atoms with van der Waals surface area (Å²) < 4.78 is 5.73. The van der Waals surface area contributed by atoms with Crippen molar-refractivity contribution in [3.8, 4) is 0 Å². The van der Waals surface area contributed by atoms with Crippen molar-refractivity contribution in [2.24, 2.45) is 10.8 Å². The van der Waals surface area contributed by atoms with E-state index in [-0.39, 0.29) is 22.9 Å². The molecule has 2 heteroatoms. The van der Waals surface area contributed by atoms with Gasteiger partial charge in [0.1, 0.15) is 6.10 Å². The van der Waals surface area contributed by atoms with E-state index in [0.717, 1.165) is 19.3 Å². The zero-order chi connectivity index (χ0) is 13.1. The summed E-state index contributed by atoms with van der Waals surface area (Å²) >= 11 is 0. The maximum absolute atomic E-state index is 12.4. The number of hydrogen-bond acceptors (Lipinski definition) is 2. The highest BCUT2D eigenvalue weighted by atomic mass is 16.5. The zero-order valence-corrected chi connectivity index (χ0v) is 12.1. The number of hydrogen-bond donors (Lipinski definition) is 0. The van der Waals surface area contributed by atoms with Crippen molar-refractivity contribution in [3.05, 3.63) is 0 Å². The van der Waals surface area contributed by atoms with Crippen molar-refractivity contribution in [2.45, 2.75) is 79.2 Å². The van der Waals surface area contributed by atoms with Crippen molar-refractivity contribution in [3.63, 3.8) is 0 Å². The average Bonchev–Trinajstić information content (AvgIpc) is 2.27. The first-order valence-corrected chi connectivity index (χ1v) is 7.02. The molecule has 0 N–H and O–H groups in total. The molecule has 0 heterocycles. The molecule has 0 aromatic carbocycles. The summed E-state index contributed by atoms with van der Waals surface area (Å²) in [5.74, 6) is -0.000556. The van der Waals surface area contributed by atoms with Gasteiger partial charge in [0.05, 0.1) is 5.41 Å². The van der Waals surface area contributed by atoms with Crippen LogP contribution in [0.15, 0.2) is 0 Å². The van der Waals surface area contributed by atoms with E-state index in [2.05, 4.69) is 27.7 Å². The molecular weight excluding hydrogens is 212 g/mol. The Morgan fingerprint density at radius 3 is 2.06 bits per heavy atom. The molecule has 1 unspecified atom stereocenters. The maximum atomic E-state index is 12.4. The van der Waals surface area contributed by atoms with Crippen molar-refractivity contribution >= 4 is 5.97 Å². The fraction of sp³-hybridized carbons (Fsp3) is 0.933. The van der Waals surface area contributed by atoms with Gasteiger partial charge < -0.3 is 4.74 Å². The molecule has 0 amide bonds. The van der Waals surface area contributed by atoms with Crippen molar-refractivity contribution in [1.29, 1.82) is 0 Å². The van der Waals surface area contributed by atoms with Gasteiger partial charge >= 0.3 is 5.97 Å². The summed E-state index contributed by atoms with van der Waals surface area (Å²) in [4.78, 5) is 12.4. The molecule has 1 atom stereocenters. The Morgan fingerprint density at radius 1 is 1.12 bits per heavy atom. The molecule has 0 aromatic rings. The molecule has 0 bridgehead atoms. The molecule has 1 aliphatic carbocycles. The van der Waals surface area contributed by atoms with Gasteiger partial charge in [0.2, 0.25) is 0 Å². The molecule has 100 valence electrons. The topological polar surface area (TPSA) is 26.3 Å². The molecule has 0 radical (unpaired) electrons. The predicted molar refractivity (Wildman–Crippen MR) is 70.8 cm³/mol. The third-order valence-electron chi connectivity index (χ3n) is 4.64. The maximum Gasteiger partial charge on any atom is 0.312 e. The quantitative estimate of drug-likeness (QED) is 0.686. The molecule has 0 saturated heterocycles. The van der Waals surface area contributed by atoms with E-state index in [1.54, 1.807) is 0 Å². The van der Waals surface area contributed by atoms with Gasteiger partial charge in [-0.15, -0.1) is 0 Å². The molecule has 1 aliphatic rings. The minimum atomic E-state index is -0.371. The Labute approximate surface area is 106 Å². The van der Waals surface area contributed by atoms with Crippen LogP contribution in [0.1, 0.15) is 73.1 Å². The Bertz CT molecular complexity index is 259. The number of rotatable bonds is 3. The Kier molecular flexibility index (Phi) is 4.62. The second kappa shape index (κ2) is 5.41. The molecule has 0 aromatic heterocycles. The van der Waals surface area contributed by atoms with Crippen LogP contribution in [-0.4, -0.2) is 12.1 Å². The van der Waals surface area contributed by atoms with Gasteiger partial charge in [-0.25, -0.2) is 0 Å². The van der Waals surface area contributed by atoms with Gasteiger partial charge in [0.15, 0.2) is 0 Å². The molecule has 1 rings (SSSR count). The molecule has 0 aliphatic heterocycles. The first kappa shape index (κ1) is 14.5. The summed E-state index contributed by atoms with van der Waals surface area (Å²) in [5.41, 5.74) is -0.419. The number of esters is 1. The zero-order valence-electron chi connectivity index (χ0n) is 12.1. The van der Waals surface area contributed by atoms with Crippen molar-refractivity contribution in [1.82, 2.24) is 0 Å². The van der Waals surface area contributed by atoms with Crippen LogP contribution >= 0.6 is 0 Å². The number of carbonyl (C=O) groups is 1. The second-order valence-corrected chi connectivity index (χ2v) is 6.60. The Hall–Kier alpha value is -0.530. The van der Waals surface area contributed by atoms with E-state index >= 15 is 0 Å². The normalized spacial score (nSPS) is 21.9. The smallest absolute Gasteiger partial charge is 0.312 e. The lowest BCUT2D eigenvalue weighted by Gasteiger charge is -2.40. The van der Waals surface area contributed by atoms with Crippen molar-refractivity contribution < 1.29 is 9.53 Å². The molecular formula is C15H28O2.